The summed E-state index contributed by atoms with van der Waals surface area (Å²) in [5.41, 5.74) is 4.92. The number of ketones is 1. The van der Waals surface area contributed by atoms with E-state index in [1.54, 1.807) is 6.92 Å². The quantitative estimate of drug-likeness (QED) is 0.466. The van der Waals surface area contributed by atoms with Crippen molar-refractivity contribution in [1.82, 2.24) is 0 Å². The molecule has 0 saturated heterocycles. The van der Waals surface area contributed by atoms with Crippen molar-refractivity contribution in [3.05, 3.63) is 81.6 Å². The number of benzene rings is 2. The SMILES string of the molecule is CC(=NNc1ccc([N+](=O)[O-])cc1)C1=C(O)CC(c2ccccc2)CC1=O. The average molecular weight is 365 g/mol. The number of hydrazone groups is 1. The number of aliphatic hydroxyl groups is 1. The zero-order valence-electron chi connectivity index (χ0n) is 14.8. The molecule has 0 spiro atoms. The number of carbonyl (C=O) groups is 1. The summed E-state index contributed by atoms with van der Waals surface area (Å²) < 4.78 is 0. The van der Waals surface area contributed by atoms with Crippen LogP contribution in [0, 0.1) is 10.1 Å². The van der Waals surface area contributed by atoms with Crippen molar-refractivity contribution in [2.45, 2.75) is 25.7 Å². The van der Waals surface area contributed by atoms with E-state index in [9.17, 15) is 20.0 Å². The lowest BCUT2D eigenvalue weighted by molar-refractivity contribution is -0.384. The third-order valence-electron chi connectivity index (χ3n) is 4.50. The molecule has 0 saturated carbocycles. The van der Waals surface area contributed by atoms with E-state index in [1.807, 2.05) is 30.3 Å². The van der Waals surface area contributed by atoms with Crippen LogP contribution in [0.25, 0.3) is 0 Å². The van der Waals surface area contributed by atoms with Crippen LogP contribution in [0.3, 0.4) is 0 Å². The molecule has 0 bridgehead atoms. The second-order valence-electron chi connectivity index (χ2n) is 6.37. The Morgan fingerprint density at radius 1 is 1.15 bits per heavy atom. The van der Waals surface area contributed by atoms with Gasteiger partial charge in [0.15, 0.2) is 5.78 Å². The second kappa shape index (κ2) is 7.82. The van der Waals surface area contributed by atoms with E-state index in [0.29, 0.717) is 24.2 Å². The highest BCUT2D eigenvalue weighted by Crippen LogP contribution is 2.33. The topological polar surface area (TPSA) is 105 Å². The highest BCUT2D eigenvalue weighted by Gasteiger charge is 2.30. The summed E-state index contributed by atoms with van der Waals surface area (Å²) in [7, 11) is 0. The summed E-state index contributed by atoms with van der Waals surface area (Å²) in [6.07, 6.45) is 0.698. The van der Waals surface area contributed by atoms with E-state index < -0.39 is 4.92 Å². The third kappa shape index (κ3) is 4.20. The number of nitro groups is 1. The summed E-state index contributed by atoms with van der Waals surface area (Å²) in [6, 6.07) is 15.4. The number of hydrogen-bond donors (Lipinski definition) is 2. The van der Waals surface area contributed by atoms with Gasteiger partial charge in [0, 0.05) is 25.0 Å². The monoisotopic (exact) mass is 365 g/mol. The van der Waals surface area contributed by atoms with Gasteiger partial charge in [0.1, 0.15) is 5.76 Å². The molecule has 1 atom stereocenters. The molecule has 2 aromatic carbocycles. The van der Waals surface area contributed by atoms with Crippen LogP contribution in [-0.2, 0) is 4.79 Å². The maximum absolute atomic E-state index is 12.6. The summed E-state index contributed by atoms with van der Waals surface area (Å²) in [5, 5.41) is 25.2. The summed E-state index contributed by atoms with van der Waals surface area (Å²) in [4.78, 5) is 22.8. The minimum atomic E-state index is -0.481. The van der Waals surface area contributed by atoms with Crippen LogP contribution in [0.1, 0.15) is 31.2 Å². The molecule has 0 aromatic heterocycles. The van der Waals surface area contributed by atoms with Gasteiger partial charge in [-0.1, -0.05) is 30.3 Å². The number of nitrogens with one attached hydrogen (secondary N) is 1. The van der Waals surface area contributed by atoms with Gasteiger partial charge in [-0.25, -0.2) is 0 Å². The first-order chi connectivity index (χ1) is 13.0. The maximum Gasteiger partial charge on any atom is 0.269 e. The lowest BCUT2D eigenvalue weighted by atomic mass is 9.81. The molecule has 2 aromatic rings. The van der Waals surface area contributed by atoms with Gasteiger partial charge in [-0.05, 0) is 30.5 Å². The van der Waals surface area contributed by atoms with E-state index in [-0.39, 0.29) is 28.7 Å². The van der Waals surface area contributed by atoms with Gasteiger partial charge in [0.2, 0.25) is 0 Å². The molecule has 1 aliphatic carbocycles. The Labute approximate surface area is 156 Å². The van der Waals surface area contributed by atoms with Gasteiger partial charge in [-0.2, -0.15) is 5.10 Å². The number of nitrogens with zero attached hydrogens (tertiary/aromatic N) is 2. The molecule has 0 heterocycles. The fourth-order valence-corrected chi connectivity index (χ4v) is 3.13. The van der Waals surface area contributed by atoms with Gasteiger partial charge in [-0.15, -0.1) is 0 Å². The summed E-state index contributed by atoms with van der Waals surface area (Å²) >= 11 is 0. The van der Waals surface area contributed by atoms with Crippen molar-refractivity contribution in [3.8, 4) is 0 Å². The lowest BCUT2D eigenvalue weighted by Gasteiger charge is -2.23. The zero-order chi connectivity index (χ0) is 19.4. The van der Waals surface area contributed by atoms with Crippen LogP contribution in [0.2, 0.25) is 0 Å². The number of non-ortho nitro benzene ring substituents is 1. The fourth-order valence-electron chi connectivity index (χ4n) is 3.13. The molecule has 0 amide bonds. The lowest BCUT2D eigenvalue weighted by Crippen LogP contribution is -2.23. The van der Waals surface area contributed by atoms with Crippen molar-refractivity contribution in [2.24, 2.45) is 5.10 Å². The van der Waals surface area contributed by atoms with E-state index >= 15 is 0 Å². The maximum atomic E-state index is 12.6. The van der Waals surface area contributed by atoms with E-state index in [0.717, 1.165) is 5.56 Å². The molecule has 1 unspecified atom stereocenters. The number of allylic oxidation sites excluding steroid dienone is 2. The largest absolute Gasteiger partial charge is 0.511 e. The molecule has 3 rings (SSSR count). The van der Waals surface area contributed by atoms with Crippen LogP contribution in [0.15, 0.2) is 71.0 Å². The minimum Gasteiger partial charge on any atom is -0.511 e. The first-order valence-electron chi connectivity index (χ1n) is 8.51. The van der Waals surface area contributed by atoms with Crippen LogP contribution >= 0.6 is 0 Å². The predicted molar refractivity (Wildman–Crippen MR) is 103 cm³/mol. The smallest absolute Gasteiger partial charge is 0.269 e. The average Bonchev–Trinajstić information content (AvgIpc) is 2.66. The Morgan fingerprint density at radius 3 is 2.41 bits per heavy atom. The molecule has 27 heavy (non-hydrogen) atoms. The molecule has 0 fully saturated rings. The van der Waals surface area contributed by atoms with Gasteiger partial charge >= 0.3 is 0 Å². The number of hydrogen-bond acceptors (Lipinski definition) is 6. The number of carbonyl (C=O) groups excluding carboxylic acids is 1. The van der Waals surface area contributed by atoms with Gasteiger partial charge < -0.3 is 5.11 Å². The van der Waals surface area contributed by atoms with Crippen molar-refractivity contribution in [1.29, 1.82) is 0 Å². The Morgan fingerprint density at radius 2 is 1.81 bits per heavy atom. The molecular weight excluding hydrogens is 346 g/mol. The molecule has 7 nitrogen and oxygen atoms in total. The highest BCUT2D eigenvalue weighted by atomic mass is 16.6. The van der Waals surface area contributed by atoms with Gasteiger partial charge in [0.05, 0.1) is 21.9 Å². The number of nitro benzene ring substituents is 1. The number of Topliss-reactive ketones (excluding diaryl/α,β-unsaturated/α-hetero) is 1. The Balaban J connectivity index is 1.75. The number of rotatable bonds is 5. The third-order valence-corrected chi connectivity index (χ3v) is 4.50. The predicted octanol–water partition coefficient (Wildman–Crippen LogP) is 4.34. The molecule has 7 heteroatoms. The molecule has 0 aliphatic heterocycles. The van der Waals surface area contributed by atoms with E-state index in [2.05, 4.69) is 10.5 Å². The Hall–Kier alpha value is -3.48. The number of aliphatic hydroxyl groups excluding tert-OH is 1. The standard InChI is InChI=1S/C20H19N3O4/c1-13(21-22-16-7-9-17(10-8-16)23(26)27)20-18(24)11-15(12-19(20)25)14-5-3-2-4-6-14/h2-10,15,22,24H,11-12H2,1H3. The van der Waals surface area contributed by atoms with Crippen LogP contribution < -0.4 is 5.43 Å². The highest BCUT2D eigenvalue weighted by molar-refractivity contribution is 6.22. The summed E-state index contributed by atoms with van der Waals surface area (Å²) in [6.45, 7) is 1.64. The normalized spacial score (nSPS) is 17.7. The van der Waals surface area contributed by atoms with Crippen molar-refractivity contribution >= 4 is 22.9 Å². The number of anilines is 1. The van der Waals surface area contributed by atoms with Gasteiger partial charge in [-0.3, -0.25) is 20.3 Å². The zero-order valence-corrected chi connectivity index (χ0v) is 14.8. The van der Waals surface area contributed by atoms with Gasteiger partial charge in [0.25, 0.3) is 5.69 Å². The molecule has 0 radical (unpaired) electrons. The summed E-state index contributed by atoms with van der Waals surface area (Å²) in [5.74, 6) is -0.163. The molecule has 1 aliphatic rings. The second-order valence-corrected chi connectivity index (χ2v) is 6.37. The Bertz CT molecular complexity index is 918. The molecule has 138 valence electrons. The van der Waals surface area contributed by atoms with Crippen LogP contribution in [0.5, 0.6) is 0 Å². The van der Waals surface area contributed by atoms with Crippen molar-refractivity contribution in [3.63, 3.8) is 0 Å². The first kappa shape index (κ1) is 18.3. The van der Waals surface area contributed by atoms with Crippen molar-refractivity contribution in [2.75, 3.05) is 5.43 Å². The van der Waals surface area contributed by atoms with Crippen LogP contribution in [-0.4, -0.2) is 21.5 Å². The molecular formula is C20H19N3O4. The first-order valence-corrected chi connectivity index (χ1v) is 8.51. The van der Waals surface area contributed by atoms with E-state index in [4.69, 9.17) is 0 Å². The molecule has 2 N–H and O–H groups in total. The minimum absolute atomic E-state index is 0.0176. The van der Waals surface area contributed by atoms with Crippen molar-refractivity contribution < 1.29 is 14.8 Å². The Kier molecular flexibility index (Phi) is 5.30. The fraction of sp³-hybridized carbons (Fsp3) is 0.200. The van der Waals surface area contributed by atoms with Crippen LogP contribution in [0.4, 0.5) is 11.4 Å². The van der Waals surface area contributed by atoms with E-state index in [1.165, 1.54) is 24.3 Å².